The first kappa shape index (κ1) is 11.2. The van der Waals surface area contributed by atoms with Gasteiger partial charge in [-0.05, 0) is 20.8 Å². The Morgan fingerprint density at radius 1 is 1.47 bits per heavy atom. The first-order valence-corrected chi connectivity index (χ1v) is 4.30. The second-order valence-corrected chi connectivity index (χ2v) is 3.93. The zero-order valence-electron chi connectivity index (χ0n) is 8.72. The fourth-order valence-corrected chi connectivity index (χ4v) is 0.910. The van der Waals surface area contributed by atoms with Crippen molar-refractivity contribution in [3.63, 3.8) is 0 Å². The predicted octanol–water partition coefficient (Wildman–Crippen LogP) is 1.36. The van der Waals surface area contributed by atoms with Crippen molar-refractivity contribution in [3.8, 4) is 0 Å². The van der Waals surface area contributed by atoms with Gasteiger partial charge in [0.2, 0.25) is 0 Å². The quantitative estimate of drug-likeness (QED) is 0.760. The molecule has 0 atom stereocenters. The molecule has 6 nitrogen and oxygen atoms in total. The summed E-state index contributed by atoms with van der Waals surface area (Å²) in [4.78, 5) is 25.7. The first-order chi connectivity index (χ1) is 6.81. The van der Waals surface area contributed by atoms with Crippen molar-refractivity contribution in [3.05, 3.63) is 18.2 Å². The Balaban J connectivity index is 2.92. The molecular weight excluding hydrogens is 200 g/mol. The highest BCUT2D eigenvalue weighted by Crippen LogP contribution is 2.10. The minimum atomic E-state index is -1.22. The molecule has 0 aliphatic rings. The molecule has 82 valence electrons. The van der Waals surface area contributed by atoms with Crippen LogP contribution >= 0.6 is 0 Å². The van der Waals surface area contributed by atoms with E-state index in [0.717, 1.165) is 17.1 Å². The van der Waals surface area contributed by atoms with Crippen molar-refractivity contribution < 1.29 is 19.4 Å². The number of carboxylic acids is 1. The fourth-order valence-electron chi connectivity index (χ4n) is 0.910. The second-order valence-electron chi connectivity index (χ2n) is 3.93. The van der Waals surface area contributed by atoms with Crippen LogP contribution in [0.3, 0.4) is 0 Å². The standard InChI is InChI=1S/C9H12N2O4/c1-9(2,3)15-8(14)11-5-10-4-6(11)7(12)13/h4-5H,1-3H3,(H,12,13). The highest BCUT2D eigenvalue weighted by atomic mass is 16.6. The van der Waals surface area contributed by atoms with Gasteiger partial charge in [0.15, 0.2) is 5.69 Å². The van der Waals surface area contributed by atoms with Gasteiger partial charge in [-0.3, -0.25) is 0 Å². The SMILES string of the molecule is CC(C)(C)OC(=O)n1cncc1C(=O)O. The molecule has 0 aromatic carbocycles. The summed E-state index contributed by atoms with van der Waals surface area (Å²) >= 11 is 0. The summed E-state index contributed by atoms with van der Waals surface area (Å²) in [5.41, 5.74) is -0.888. The Kier molecular flexibility index (Phi) is 2.78. The predicted molar refractivity (Wildman–Crippen MR) is 50.8 cm³/mol. The maximum absolute atomic E-state index is 11.5. The smallest absolute Gasteiger partial charge is 0.420 e. The average Bonchev–Trinajstić information content (AvgIpc) is 2.47. The van der Waals surface area contributed by atoms with E-state index >= 15 is 0 Å². The van der Waals surface area contributed by atoms with Crippen molar-refractivity contribution in [2.45, 2.75) is 26.4 Å². The van der Waals surface area contributed by atoms with E-state index in [1.807, 2.05) is 0 Å². The molecule has 0 amide bonds. The van der Waals surface area contributed by atoms with Gasteiger partial charge in [-0.15, -0.1) is 0 Å². The molecule has 0 fully saturated rings. The summed E-state index contributed by atoms with van der Waals surface area (Å²) in [6.45, 7) is 5.09. The Morgan fingerprint density at radius 2 is 2.07 bits per heavy atom. The number of aromatic carboxylic acids is 1. The highest BCUT2D eigenvalue weighted by Gasteiger charge is 2.21. The summed E-state index contributed by atoms with van der Waals surface area (Å²) in [6, 6.07) is 0. The molecule has 6 heteroatoms. The molecule has 1 rings (SSSR count). The van der Waals surface area contributed by atoms with Gasteiger partial charge in [0, 0.05) is 0 Å². The summed E-state index contributed by atoms with van der Waals surface area (Å²) in [5.74, 6) is -1.22. The summed E-state index contributed by atoms with van der Waals surface area (Å²) in [7, 11) is 0. The molecule has 1 N–H and O–H groups in total. The Hall–Kier alpha value is -1.85. The summed E-state index contributed by atoms with van der Waals surface area (Å²) in [6.07, 6.45) is 1.45. The first-order valence-electron chi connectivity index (χ1n) is 4.30. The van der Waals surface area contributed by atoms with Crippen LogP contribution in [0.2, 0.25) is 0 Å². The third-order valence-electron chi connectivity index (χ3n) is 1.45. The molecule has 0 bridgehead atoms. The molecule has 1 aromatic heterocycles. The number of carbonyl (C=O) groups excluding carboxylic acids is 1. The zero-order valence-corrected chi connectivity index (χ0v) is 8.72. The van der Waals surface area contributed by atoms with Crippen molar-refractivity contribution in [2.24, 2.45) is 0 Å². The van der Waals surface area contributed by atoms with Crippen molar-refractivity contribution in [1.29, 1.82) is 0 Å². The van der Waals surface area contributed by atoms with E-state index < -0.39 is 17.7 Å². The van der Waals surface area contributed by atoms with Gasteiger partial charge >= 0.3 is 12.1 Å². The van der Waals surface area contributed by atoms with E-state index in [1.165, 1.54) is 0 Å². The molecule has 0 radical (unpaired) electrons. The van der Waals surface area contributed by atoms with Crippen LogP contribution in [0.5, 0.6) is 0 Å². The number of rotatable bonds is 1. The van der Waals surface area contributed by atoms with Gasteiger partial charge in [-0.2, -0.15) is 0 Å². The van der Waals surface area contributed by atoms with Gasteiger partial charge in [0.05, 0.1) is 6.20 Å². The lowest BCUT2D eigenvalue weighted by atomic mass is 10.2. The maximum atomic E-state index is 11.5. The topological polar surface area (TPSA) is 81.4 Å². The number of carbonyl (C=O) groups is 2. The third-order valence-corrected chi connectivity index (χ3v) is 1.45. The number of aromatic nitrogens is 2. The van der Waals surface area contributed by atoms with Crippen LogP contribution < -0.4 is 0 Å². The maximum Gasteiger partial charge on any atom is 0.420 e. The van der Waals surface area contributed by atoms with Crippen LogP contribution in [0.25, 0.3) is 0 Å². The third kappa shape index (κ3) is 2.80. The van der Waals surface area contributed by atoms with Crippen LogP contribution in [-0.2, 0) is 4.74 Å². The number of hydrogen-bond donors (Lipinski definition) is 1. The number of ether oxygens (including phenoxy) is 1. The van der Waals surface area contributed by atoms with E-state index in [2.05, 4.69) is 4.98 Å². The van der Waals surface area contributed by atoms with Crippen LogP contribution in [0, 0.1) is 0 Å². The summed E-state index contributed by atoms with van der Waals surface area (Å²) < 4.78 is 5.85. The van der Waals surface area contributed by atoms with E-state index in [4.69, 9.17) is 9.84 Å². The minimum Gasteiger partial charge on any atom is -0.477 e. The average molecular weight is 212 g/mol. The van der Waals surface area contributed by atoms with Crippen LogP contribution in [-0.4, -0.2) is 32.3 Å². The molecule has 0 aliphatic carbocycles. The highest BCUT2D eigenvalue weighted by molar-refractivity contribution is 5.90. The molecule has 0 unspecified atom stereocenters. The lowest BCUT2D eigenvalue weighted by Gasteiger charge is -2.19. The molecule has 0 saturated carbocycles. The van der Waals surface area contributed by atoms with Crippen molar-refractivity contribution in [2.75, 3.05) is 0 Å². The Labute approximate surface area is 86.5 Å². The van der Waals surface area contributed by atoms with Crippen LogP contribution in [0.4, 0.5) is 4.79 Å². The van der Waals surface area contributed by atoms with Gasteiger partial charge < -0.3 is 9.84 Å². The Bertz CT molecular complexity index is 389. The van der Waals surface area contributed by atoms with Crippen molar-refractivity contribution >= 4 is 12.1 Å². The largest absolute Gasteiger partial charge is 0.477 e. The van der Waals surface area contributed by atoms with E-state index in [-0.39, 0.29) is 5.69 Å². The molecule has 0 spiro atoms. The molecule has 15 heavy (non-hydrogen) atoms. The number of nitrogens with zero attached hydrogens (tertiary/aromatic N) is 2. The van der Waals surface area contributed by atoms with E-state index in [1.54, 1.807) is 20.8 Å². The lowest BCUT2D eigenvalue weighted by molar-refractivity contribution is 0.0505. The molecular formula is C9H12N2O4. The molecule has 1 aromatic rings. The van der Waals surface area contributed by atoms with Gasteiger partial charge in [0.25, 0.3) is 0 Å². The minimum absolute atomic E-state index is 0.218. The Morgan fingerprint density at radius 3 is 2.53 bits per heavy atom. The van der Waals surface area contributed by atoms with E-state index in [0.29, 0.717) is 0 Å². The van der Waals surface area contributed by atoms with Crippen molar-refractivity contribution in [1.82, 2.24) is 9.55 Å². The number of hydrogen-bond acceptors (Lipinski definition) is 4. The summed E-state index contributed by atoms with van der Waals surface area (Å²) in [5, 5.41) is 8.73. The lowest BCUT2D eigenvalue weighted by Crippen LogP contribution is -2.28. The number of carboxylic acid groups (broad SMARTS) is 1. The van der Waals surface area contributed by atoms with Gasteiger partial charge in [0.1, 0.15) is 11.9 Å². The second kappa shape index (κ2) is 3.72. The molecule has 0 aliphatic heterocycles. The molecule has 1 heterocycles. The monoisotopic (exact) mass is 212 g/mol. The van der Waals surface area contributed by atoms with E-state index in [9.17, 15) is 9.59 Å². The van der Waals surface area contributed by atoms with Crippen LogP contribution in [0.1, 0.15) is 31.3 Å². The zero-order chi connectivity index (χ0) is 11.6. The fraction of sp³-hybridized carbons (Fsp3) is 0.444. The normalized spacial score (nSPS) is 11.1. The molecule has 0 saturated heterocycles. The van der Waals surface area contributed by atoms with Crippen LogP contribution in [0.15, 0.2) is 12.5 Å². The number of imidazole rings is 1. The van der Waals surface area contributed by atoms with Gasteiger partial charge in [-0.1, -0.05) is 0 Å². The van der Waals surface area contributed by atoms with Gasteiger partial charge in [-0.25, -0.2) is 19.1 Å².